The van der Waals surface area contributed by atoms with E-state index in [0.29, 0.717) is 13.1 Å². The SMILES string of the molecule is CCN(Cc1ccco1)Cc1cc(CN)no1. The van der Waals surface area contributed by atoms with Crippen LogP contribution in [0.3, 0.4) is 0 Å². The van der Waals surface area contributed by atoms with Crippen LogP contribution >= 0.6 is 0 Å². The standard InChI is InChI=1S/C12H17N3O2/c1-2-15(8-11-4-3-5-16-11)9-12-6-10(7-13)14-17-12/h3-6H,2,7-9,13H2,1H3. The summed E-state index contributed by atoms with van der Waals surface area (Å²) in [5, 5.41) is 3.87. The molecule has 0 amide bonds. The summed E-state index contributed by atoms with van der Waals surface area (Å²) in [6.45, 7) is 4.91. The van der Waals surface area contributed by atoms with Gasteiger partial charge >= 0.3 is 0 Å². The smallest absolute Gasteiger partial charge is 0.151 e. The van der Waals surface area contributed by atoms with Gasteiger partial charge in [-0.3, -0.25) is 4.90 Å². The van der Waals surface area contributed by atoms with Crippen molar-refractivity contribution < 1.29 is 8.94 Å². The lowest BCUT2D eigenvalue weighted by molar-refractivity contribution is 0.217. The highest BCUT2D eigenvalue weighted by Crippen LogP contribution is 2.11. The predicted molar refractivity (Wildman–Crippen MR) is 62.9 cm³/mol. The van der Waals surface area contributed by atoms with Gasteiger partial charge in [-0.2, -0.15) is 0 Å². The topological polar surface area (TPSA) is 68.4 Å². The lowest BCUT2D eigenvalue weighted by atomic mass is 10.3. The van der Waals surface area contributed by atoms with Crippen LogP contribution in [0, 0.1) is 0 Å². The van der Waals surface area contributed by atoms with E-state index in [9.17, 15) is 0 Å². The third-order valence-electron chi connectivity index (χ3n) is 2.60. The Kier molecular flexibility index (Phi) is 3.95. The number of nitrogens with zero attached hydrogens (tertiary/aromatic N) is 2. The molecular formula is C12H17N3O2. The molecule has 5 nitrogen and oxygen atoms in total. The maximum Gasteiger partial charge on any atom is 0.151 e. The van der Waals surface area contributed by atoms with Gasteiger partial charge in [0, 0.05) is 12.6 Å². The van der Waals surface area contributed by atoms with E-state index in [1.54, 1.807) is 6.26 Å². The van der Waals surface area contributed by atoms with E-state index in [2.05, 4.69) is 17.0 Å². The number of hydrogen-bond donors (Lipinski definition) is 1. The number of aromatic nitrogens is 1. The molecule has 17 heavy (non-hydrogen) atoms. The largest absolute Gasteiger partial charge is 0.468 e. The van der Waals surface area contributed by atoms with E-state index in [-0.39, 0.29) is 0 Å². The van der Waals surface area contributed by atoms with Gasteiger partial charge in [-0.05, 0) is 18.7 Å². The van der Waals surface area contributed by atoms with Crippen molar-refractivity contribution in [3.63, 3.8) is 0 Å². The zero-order valence-corrected chi connectivity index (χ0v) is 9.93. The molecule has 0 saturated carbocycles. The van der Waals surface area contributed by atoms with Crippen LogP contribution in [0.2, 0.25) is 0 Å². The van der Waals surface area contributed by atoms with Gasteiger partial charge in [0.25, 0.3) is 0 Å². The van der Waals surface area contributed by atoms with Gasteiger partial charge in [-0.25, -0.2) is 0 Å². The van der Waals surface area contributed by atoms with Crippen molar-refractivity contribution in [2.45, 2.75) is 26.6 Å². The first-order valence-electron chi connectivity index (χ1n) is 5.71. The first kappa shape index (κ1) is 11.9. The molecule has 0 aliphatic rings. The predicted octanol–water partition coefficient (Wildman–Crippen LogP) is 1.75. The first-order valence-corrected chi connectivity index (χ1v) is 5.71. The highest BCUT2D eigenvalue weighted by molar-refractivity contribution is 5.05. The maximum absolute atomic E-state index is 5.49. The fourth-order valence-corrected chi connectivity index (χ4v) is 1.65. The summed E-state index contributed by atoms with van der Waals surface area (Å²) in [5.74, 6) is 1.78. The van der Waals surface area contributed by atoms with Gasteiger partial charge in [0.05, 0.1) is 25.0 Å². The van der Waals surface area contributed by atoms with Crippen molar-refractivity contribution >= 4 is 0 Å². The third kappa shape index (κ3) is 3.18. The summed E-state index contributed by atoms with van der Waals surface area (Å²) in [6.07, 6.45) is 1.68. The van der Waals surface area contributed by atoms with Crippen molar-refractivity contribution in [2.24, 2.45) is 5.73 Å². The first-order chi connectivity index (χ1) is 8.31. The fourth-order valence-electron chi connectivity index (χ4n) is 1.65. The summed E-state index contributed by atoms with van der Waals surface area (Å²) in [4.78, 5) is 2.21. The number of furan rings is 1. The fraction of sp³-hybridized carbons (Fsp3) is 0.417. The molecule has 5 heteroatoms. The molecule has 0 fully saturated rings. The molecule has 2 N–H and O–H groups in total. The second-order valence-corrected chi connectivity index (χ2v) is 3.87. The Bertz CT molecular complexity index is 436. The van der Waals surface area contributed by atoms with Crippen LogP contribution in [0.15, 0.2) is 33.4 Å². The van der Waals surface area contributed by atoms with E-state index >= 15 is 0 Å². The quantitative estimate of drug-likeness (QED) is 0.826. The summed E-state index contributed by atoms with van der Waals surface area (Å²) in [7, 11) is 0. The van der Waals surface area contributed by atoms with Gasteiger partial charge in [0.1, 0.15) is 5.76 Å². The Morgan fingerprint density at radius 3 is 2.76 bits per heavy atom. The average molecular weight is 235 g/mol. The van der Waals surface area contributed by atoms with Crippen LogP contribution in [-0.4, -0.2) is 16.6 Å². The van der Waals surface area contributed by atoms with E-state index in [1.807, 2.05) is 18.2 Å². The van der Waals surface area contributed by atoms with Gasteiger partial charge in [0.15, 0.2) is 5.76 Å². The third-order valence-corrected chi connectivity index (χ3v) is 2.60. The second kappa shape index (κ2) is 5.65. The van der Waals surface area contributed by atoms with Crippen LogP contribution in [0.1, 0.15) is 24.1 Å². The Balaban J connectivity index is 1.95. The average Bonchev–Trinajstić information content (AvgIpc) is 2.99. The maximum atomic E-state index is 5.49. The summed E-state index contributed by atoms with van der Waals surface area (Å²) >= 11 is 0. The minimum absolute atomic E-state index is 0.411. The molecule has 0 aromatic carbocycles. The molecule has 2 aromatic rings. The molecule has 2 aromatic heterocycles. The molecule has 0 bridgehead atoms. The molecule has 0 aliphatic carbocycles. The summed E-state index contributed by atoms with van der Waals surface area (Å²) < 4.78 is 10.5. The Morgan fingerprint density at radius 2 is 2.18 bits per heavy atom. The van der Waals surface area contributed by atoms with Gasteiger partial charge in [0.2, 0.25) is 0 Å². The monoisotopic (exact) mass is 235 g/mol. The minimum Gasteiger partial charge on any atom is -0.468 e. The van der Waals surface area contributed by atoms with Gasteiger partial charge in [-0.1, -0.05) is 12.1 Å². The lowest BCUT2D eigenvalue weighted by Crippen LogP contribution is -2.21. The van der Waals surface area contributed by atoms with Crippen molar-refractivity contribution in [3.8, 4) is 0 Å². The Hall–Kier alpha value is -1.59. The normalized spacial score (nSPS) is 11.2. The summed E-state index contributed by atoms with van der Waals surface area (Å²) in [5.41, 5.74) is 6.27. The molecule has 0 radical (unpaired) electrons. The van der Waals surface area contributed by atoms with Crippen LogP contribution in [-0.2, 0) is 19.6 Å². The van der Waals surface area contributed by atoms with Crippen molar-refractivity contribution in [2.75, 3.05) is 6.54 Å². The highest BCUT2D eigenvalue weighted by Gasteiger charge is 2.10. The molecule has 0 spiro atoms. The Morgan fingerprint density at radius 1 is 1.35 bits per heavy atom. The van der Waals surface area contributed by atoms with Crippen LogP contribution < -0.4 is 5.73 Å². The molecule has 0 saturated heterocycles. The molecule has 2 heterocycles. The molecule has 2 rings (SSSR count). The van der Waals surface area contributed by atoms with Crippen molar-refractivity contribution in [1.29, 1.82) is 0 Å². The van der Waals surface area contributed by atoms with E-state index in [1.165, 1.54) is 0 Å². The number of hydrogen-bond acceptors (Lipinski definition) is 5. The van der Waals surface area contributed by atoms with Crippen LogP contribution in [0.25, 0.3) is 0 Å². The van der Waals surface area contributed by atoms with E-state index < -0.39 is 0 Å². The van der Waals surface area contributed by atoms with Gasteiger partial charge in [-0.15, -0.1) is 0 Å². The molecular weight excluding hydrogens is 218 g/mol. The zero-order chi connectivity index (χ0) is 12.1. The van der Waals surface area contributed by atoms with Crippen LogP contribution in [0.5, 0.6) is 0 Å². The summed E-state index contributed by atoms with van der Waals surface area (Å²) in [6, 6.07) is 5.75. The van der Waals surface area contributed by atoms with Crippen LogP contribution in [0.4, 0.5) is 0 Å². The number of nitrogens with two attached hydrogens (primary N) is 1. The lowest BCUT2D eigenvalue weighted by Gasteiger charge is -2.16. The zero-order valence-electron chi connectivity index (χ0n) is 9.93. The number of rotatable bonds is 6. The van der Waals surface area contributed by atoms with Crippen molar-refractivity contribution in [3.05, 3.63) is 41.7 Å². The second-order valence-electron chi connectivity index (χ2n) is 3.87. The van der Waals surface area contributed by atoms with E-state index in [0.717, 1.165) is 30.3 Å². The molecule has 92 valence electrons. The molecule has 0 atom stereocenters. The highest BCUT2D eigenvalue weighted by atomic mass is 16.5. The minimum atomic E-state index is 0.411. The molecule has 0 aliphatic heterocycles. The van der Waals surface area contributed by atoms with Gasteiger partial charge < -0.3 is 14.7 Å². The van der Waals surface area contributed by atoms with Crippen molar-refractivity contribution in [1.82, 2.24) is 10.1 Å². The Labute approximate surface area is 100 Å². The molecule has 0 unspecified atom stereocenters. The van der Waals surface area contributed by atoms with E-state index in [4.69, 9.17) is 14.7 Å².